The van der Waals surface area contributed by atoms with Gasteiger partial charge in [0.15, 0.2) is 0 Å². The number of nitrogens with one attached hydrogen (secondary N) is 2. The molecule has 0 saturated carbocycles. The fraction of sp³-hybridized carbons (Fsp3) is 0.105. The molecule has 0 aliphatic carbocycles. The summed E-state index contributed by atoms with van der Waals surface area (Å²) >= 11 is 5.94. The summed E-state index contributed by atoms with van der Waals surface area (Å²) in [5, 5.41) is 4.47. The van der Waals surface area contributed by atoms with Crippen LogP contribution in [0, 0.1) is 0 Å². The molecule has 26 heavy (non-hydrogen) atoms. The first kappa shape index (κ1) is 18.4. The van der Waals surface area contributed by atoms with Crippen LogP contribution in [0.4, 0.5) is 5.69 Å². The molecule has 3 aromatic carbocycles. The molecule has 0 aliphatic heterocycles. The van der Waals surface area contributed by atoms with Gasteiger partial charge in [0.05, 0.1) is 4.90 Å². The first-order valence-electron chi connectivity index (χ1n) is 7.90. The molecule has 3 rings (SSSR count). The number of benzene rings is 3. The van der Waals surface area contributed by atoms with Gasteiger partial charge in [0.25, 0.3) is 0 Å². The zero-order chi connectivity index (χ0) is 18.7. The van der Waals surface area contributed by atoms with Crippen LogP contribution in [0.25, 0.3) is 10.8 Å². The first-order chi connectivity index (χ1) is 12.4. The first-order valence-corrected chi connectivity index (χ1v) is 9.76. The Labute approximate surface area is 157 Å². The van der Waals surface area contributed by atoms with Crippen LogP contribution in [-0.2, 0) is 21.4 Å². The molecule has 7 heteroatoms. The van der Waals surface area contributed by atoms with Gasteiger partial charge in [-0.1, -0.05) is 48.0 Å². The average Bonchev–Trinajstić information content (AvgIpc) is 2.59. The molecule has 0 fully saturated rings. The second-order valence-corrected chi connectivity index (χ2v) is 7.96. The van der Waals surface area contributed by atoms with Crippen LogP contribution >= 0.6 is 11.6 Å². The van der Waals surface area contributed by atoms with Gasteiger partial charge in [-0.3, -0.25) is 4.79 Å². The van der Waals surface area contributed by atoms with E-state index in [-0.39, 0.29) is 17.3 Å². The van der Waals surface area contributed by atoms with Crippen molar-refractivity contribution in [2.24, 2.45) is 0 Å². The number of hydrogen-bond donors (Lipinski definition) is 2. The fourth-order valence-corrected chi connectivity index (χ4v) is 4.17. The number of hydrogen-bond acceptors (Lipinski definition) is 3. The summed E-state index contributed by atoms with van der Waals surface area (Å²) in [5.41, 5.74) is 1.34. The third-order valence-electron chi connectivity index (χ3n) is 3.84. The normalized spacial score (nSPS) is 11.5. The Kier molecular flexibility index (Phi) is 5.27. The molecule has 3 aromatic rings. The molecular weight excluding hydrogens is 372 g/mol. The number of halogens is 1. The summed E-state index contributed by atoms with van der Waals surface area (Å²) in [4.78, 5) is 11.5. The van der Waals surface area contributed by atoms with E-state index in [2.05, 4.69) is 10.0 Å². The molecular formula is C19H17ClN2O3S. The predicted molar refractivity (Wildman–Crippen MR) is 104 cm³/mol. The van der Waals surface area contributed by atoms with E-state index >= 15 is 0 Å². The smallest absolute Gasteiger partial charge is 0.241 e. The molecule has 1 amide bonds. The van der Waals surface area contributed by atoms with Gasteiger partial charge in [0, 0.05) is 35.0 Å². The molecule has 0 radical (unpaired) electrons. The van der Waals surface area contributed by atoms with Crippen molar-refractivity contribution in [1.29, 1.82) is 0 Å². The monoisotopic (exact) mass is 388 g/mol. The average molecular weight is 389 g/mol. The predicted octanol–water partition coefficient (Wildman–Crippen LogP) is 3.93. The summed E-state index contributed by atoms with van der Waals surface area (Å²) in [7, 11) is -3.75. The van der Waals surface area contributed by atoms with E-state index in [1.165, 1.54) is 6.92 Å². The highest BCUT2D eigenvalue weighted by atomic mass is 35.5. The minimum Gasteiger partial charge on any atom is -0.326 e. The number of rotatable bonds is 5. The summed E-state index contributed by atoms with van der Waals surface area (Å²) < 4.78 is 28.2. The Hall–Kier alpha value is -2.41. The van der Waals surface area contributed by atoms with Crippen molar-refractivity contribution in [3.63, 3.8) is 0 Å². The Morgan fingerprint density at radius 1 is 1.00 bits per heavy atom. The summed E-state index contributed by atoms with van der Waals surface area (Å²) in [6.45, 7) is 1.54. The lowest BCUT2D eigenvalue weighted by molar-refractivity contribution is -0.114. The number of fused-ring (bicyclic) bond motifs is 1. The molecule has 0 unspecified atom stereocenters. The number of amides is 1. The molecule has 5 nitrogen and oxygen atoms in total. The van der Waals surface area contributed by atoms with Gasteiger partial charge in [0.1, 0.15) is 0 Å². The van der Waals surface area contributed by atoms with Crippen molar-refractivity contribution in [2.75, 3.05) is 5.32 Å². The Morgan fingerprint density at radius 3 is 2.42 bits per heavy atom. The lowest BCUT2D eigenvalue weighted by atomic mass is 10.1. The van der Waals surface area contributed by atoms with Gasteiger partial charge >= 0.3 is 0 Å². The minimum absolute atomic E-state index is 0.130. The van der Waals surface area contributed by atoms with Gasteiger partial charge in [-0.05, 0) is 29.8 Å². The van der Waals surface area contributed by atoms with Crippen LogP contribution in [0.2, 0.25) is 5.02 Å². The van der Waals surface area contributed by atoms with Crippen molar-refractivity contribution >= 4 is 44.0 Å². The van der Waals surface area contributed by atoms with Crippen LogP contribution in [0.5, 0.6) is 0 Å². The van der Waals surface area contributed by atoms with E-state index < -0.39 is 10.0 Å². The van der Waals surface area contributed by atoms with E-state index in [1.807, 2.05) is 0 Å². The molecule has 2 N–H and O–H groups in total. The highest BCUT2D eigenvalue weighted by Crippen LogP contribution is 2.29. The lowest BCUT2D eigenvalue weighted by Gasteiger charge is -2.12. The van der Waals surface area contributed by atoms with Gasteiger partial charge in [-0.15, -0.1) is 0 Å². The number of carbonyl (C=O) groups excluding carboxylic acids is 1. The van der Waals surface area contributed by atoms with E-state index in [1.54, 1.807) is 60.7 Å². The standard InChI is InChI=1S/C19H17ClN2O3S/c1-13(23)22-18-9-3-8-17-16(18)7-4-10-19(17)26(24,25)21-12-14-5-2-6-15(20)11-14/h2-11,21H,12H2,1H3,(H,22,23). The summed E-state index contributed by atoms with van der Waals surface area (Å²) in [6, 6.07) is 17.1. The van der Waals surface area contributed by atoms with Gasteiger partial charge in [-0.25, -0.2) is 13.1 Å². The van der Waals surface area contributed by atoms with Crippen LogP contribution in [-0.4, -0.2) is 14.3 Å². The Morgan fingerprint density at radius 2 is 1.69 bits per heavy atom. The maximum absolute atomic E-state index is 12.8. The van der Waals surface area contributed by atoms with E-state index in [9.17, 15) is 13.2 Å². The maximum atomic E-state index is 12.8. The highest BCUT2D eigenvalue weighted by molar-refractivity contribution is 7.89. The molecule has 0 heterocycles. The van der Waals surface area contributed by atoms with Crippen LogP contribution in [0.3, 0.4) is 0 Å². The molecule has 0 aromatic heterocycles. The zero-order valence-electron chi connectivity index (χ0n) is 14.0. The minimum atomic E-state index is -3.75. The van der Waals surface area contributed by atoms with Crippen LogP contribution < -0.4 is 10.0 Å². The van der Waals surface area contributed by atoms with Crippen molar-refractivity contribution in [1.82, 2.24) is 4.72 Å². The third-order valence-corrected chi connectivity index (χ3v) is 5.53. The van der Waals surface area contributed by atoms with Crippen molar-refractivity contribution < 1.29 is 13.2 Å². The van der Waals surface area contributed by atoms with E-state index in [0.717, 1.165) is 5.56 Å². The number of carbonyl (C=O) groups is 1. The number of anilines is 1. The van der Waals surface area contributed by atoms with Crippen molar-refractivity contribution in [2.45, 2.75) is 18.4 Å². The number of sulfonamides is 1. The molecule has 0 atom stereocenters. The van der Waals surface area contributed by atoms with Crippen molar-refractivity contribution in [3.05, 3.63) is 71.2 Å². The second kappa shape index (κ2) is 7.45. The molecule has 0 spiro atoms. The van der Waals surface area contributed by atoms with Crippen LogP contribution in [0.1, 0.15) is 12.5 Å². The van der Waals surface area contributed by atoms with Gasteiger partial charge in [-0.2, -0.15) is 0 Å². The lowest BCUT2D eigenvalue weighted by Crippen LogP contribution is -2.23. The topological polar surface area (TPSA) is 75.3 Å². The molecule has 0 aliphatic rings. The quantitative estimate of drug-likeness (QED) is 0.695. The van der Waals surface area contributed by atoms with E-state index in [0.29, 0.717) is 21.5 Å². The SMILES string of the molecule is CC(=O)Nc1cccc2c(S(=O)(=O)NCc3cccc(Cl)c3)cccc12. The van der Waals surface area contributed by atoms with E-state index in [4.69, 9.17) is 11.6 Å². The second-order valence-electron chi connectivity index (χ2n) is 5.79. The Bertz CT molecular complexity index is 1080. The van der Waals surface area contributed by atoms with Gasteiger partial charge in [0.2, 0.25) is 15.9 Å². The summed E-state index contributed by atoms with van der Waals surface area (Å²) in [6.07, 6.45) is 0. The molecule has 0 bridgehead atoms. The zero-order valence-corrected chi connectivity index (χ0v) is 15.6. The van der Waals surface area contributed by atoms with Crippen molar-refractivity contribution in [3.8, 4) is 0 Å². The third kappa shape index (κ3) is 4.04. The highest BCUT2D eigenvalue weighted by Gasteiger charge is 2.18. The maximum Gasteiger partial charge on any atom is 0.241 e. The van der Waals surface area contributed by atoms with Crippen LogP contribution in [0.15, 0.2) is 65.6 Å². The summed E-state index contributed by atoms with van der Waals surface area (Å²) in [5.74, 6) is -0.218. The fourth-order valence-electron chi connectivity index (χ4n) is 2.72. The largest absolute Gasteiger partial charge is 0.326 e. The Balaban J connectivity index is 1.97. The molecule has 0 saturated heterocycles. The van der Waals surface area contributed by atoms with Gasteiger partial charge < -0.3 is 5.32 Å². The molecule has 134 valence electrons.